The van der Waals surface area contributed by atoms with Gasteiger partial charge in [-0.15, -0.1) is 0 Å². The highest BCUT2D eigenvalue weighted by Gasteiger charge is 2.40. The first-order valence-electron chi connectivity index (χ1n) is 19.7. The highest BCUT2D eigenvalue weighted by Crippen LogP contribution is 2.40. The summed E-state index contributed by atoms with van der Waals surface area (Å²) in [6.07, 6.45) is 7.58. The van der Waals surface area contributed by atoms with Crippen molar-refractivity contribution in [3.05, 3.63) is 83.7 Å². The van der Waals surface area contributed by atoms with Crippen molar-refractivity contribution in [3.8, 4) is 16.9 Å². The zero-order chi connectivity index (χ0) is 42.0. The first-order chi connectivity index (χ1) is 26.7. The highest BCUT2D eigenvalue weighted by atomic mass is 32.2. The second kappa shape index (κ2) is 19.4. The molecule has 0 aliphatic heterocycles. The van der Waals surface area contributed by atoms with Crippen molar-refractivity contribution >= 4 is 36.3 Å². The van der Waals surface area contributed by atoms with Crippen LogP contribution in [-0.2, 0) is 35.1 Å². The van der Waals surface area contributed by atoms with Gasteiger partial charge >= 0.3 is 12.1 Å². The van der Waals surface area contributed by atoms with Crippen LogP contribution in [0, 0.1) is 0 Å². The number of carbonyl (C=O) groups is 3. The summed E-state index contributed by atoms with van der Waals surface area (Å²) in [5, 5.41) is -0.0468. The number of sulfonamides is 1. The van der Waals surface area contributed by atoms with Crippen LogP contribution in [0.1, 0.15) is 108 Å². The van der Waals surface area contributed by atoms with Gasteiger partial charge in [0.25, 0.3) is 5.91 Å². The molecule has 0 saturated heterocycles. The molecule has 1 atom stereocenters. The first kappa shape index (κ1) is 45.4. The van der Waals surface area contributed by atoms with E-state index >= 15 is 0 Å². The minimum atomic E-state index is -4.11. The van der Waals surface area contributed by atoms with Crippen LogP contribution in [0.5, 0.6) is 5.75 Å². The van der Waals surface area contributed by atoms with E-state index in [1.54, 1.807) is 35.5 Å². The maximum absolute atomic E-state index is 13.7. The molecule has 1 heterocycles. The number of rotatable bonds is 16. The van der Waals surface area contributed by atoms with Crippen molar-refractivity contribution in [1.82, 2.24) is 14.6 Å². The fourth-order valence-electron chi connectivity index (χ4n) is 6.14. The van der Waals surface area contributed by atoms with E-state index in [9.17, 15) is 22.8 Å². The predicted octanol–water partition coefficient (Wildman–Crippen LogP) is 8.63. The van der Waals surface area contributed by atoms with Gasteiger partial charge in [0, 0.05) is 18.9 Å². The standard InChI is InChI=1S/C43H61N3O9SSi/c1-42(2,3)54-41(49)46(30-38(34-14-13-25-44-29-34)55-57(8,9)43(4,5)6)26-23-31-17-19-32(20-18-31)33-21-22-36(37(28-33)53-35-15-11-10-12-16-35)40(48)45-56(50,51)27-24-39(47)52-7/h13-14,17-22,25,28-29,35,38H,10-12,15-16,23-24,26-27,30H2,1-9H3,(H,45,48)/t38-/m0/s1. The second-order valence-electron chi connectivity index (χ2n) is 17.2. The smallest absolute Gasteiger partial charge is 0.410 e. The molecule has 4 rings (SSSR count). The monoisotopic (exact) mass is 823 g/mol. The van der Waals surface area contributed by atoms with E-state index < -0.39 is 53.8 Å². The van der Waals surface area contributed by atoms with Crippen molar-refractivity contribution in [1.29, 1.82) is 0 Å². The van der Waals surface area contributed by atoms with Crippen molar-refractivity contribution in [2.45, 2.75) is 122 Å². The average molecular weight is 824 g/mol. The topological polar surface area (TPSA) is 150 Å². The van der Waals surface area contributed by atoms with Crippen molar-refractivity contribution < 1.29 is 41.4 Å². The molecule has 0 bridgehead atoms. The molecule has 0 radical (unpaired) electrons. The Balaban J connectivity index is 1.56. The molecule has 2 amide bonds. The normalized spacial score (nSPS) is 14.7. The van der Waals surface area contributed by atoms with Gasteiger partial charge in [-0.25, -0.2) is 17.9 Å². The van der Waals surface area contributed by atoms with Crippen LogP contribution in [0.3, 0.4) is 0 Å². The van der Waals surface area contributed by atoms with Gasteiger partial charge in [-0.05, 0) is 111 Å². The van der Waals surface area contributed by atoms with E-state index in [0.717, 1.165) is 54.4 Å². The van der Waals surface area contributed by atoms with Gasteiger partial charge in [0.15, 0.2) is 8.32 Å². The van der Waals surface area contributed by atoms with Crippen LogP contribution >= 0.6 is 0 Å². The third-order valence-corrected chi connectivity index (χ3v) is 16.1. The number of amides is 2. The molecule has 1 aromatic heterocycles. The Hall–Kier alpha value is -4.27. The highest BCUT2D eigenvalue weighted by molar-refractivity contribution is 7.90. The Labute approximate surface area is 340 Å². The summed E-state index contributed by atoms with van der Waals surface area (Å²) < 4.78 is 51.1. The Kier molecular flexibility index (Phi) is 15.5. The lowest BCUT2D eigenvalue weighted by Gasteiger charge is -2.40. The number of ether oxygens (including phenoxy) is 3. The quantitative estimate of drug-likeness (QED) is 0.110. The van der Waals surface area contributed by atoms with Gasteiger partial charge in [0.2, 0.25) is 10.0 Å². The molecule has 0 unspecified atom stereocenters. The first-order valence-corrected chi connectivity index (χ1v) is 24.3. The van der Waals surface area contributed by atoms with Crippen LogP contribution < -0.4 is 9.46 Å². The summed E-state index contributed by atoms with van der Waals surface area (Å²) >= 11 is 0. The number of nitrogens with zero attached hydrogens (tertiary/aromatic N) is 2. The minimum absolute atomic E-state index is 0.0468. The summed E-state index contributed by atoms with van der Waals surface area (Å²) in [5.74, 6) is -1.81. The average Bonchev–Trinajstić information content (AvgIpc) is 3.14. The van der Waals surface area contributed by atoms with Crippen molar-refractivity contribution in [3.63, 3.8) is 0 Å². The number of methoxy groups -OCH3 is 1. The number of carbonyl (C=O) groups excluding carboxylic acids is 3. The van der Waals surface area contributed by atoms with Crippen LogP contribution in [0.2, 0.25) is 18.1 Å². The van der Waals surface area contributed by atoms with E-state index in [1.165, 1.54) is 7.11 Å². The Bertz CT molecular complexity index is 1920. The van der Waals surface area contributed by atoms with Gasteiger partial charge in [0.1, 0.15) is 11.4 Å². The summed E-state index contributed by atoms with van der Waals surface area (Å²) in [7, 11) is -5.19. The molecule has 57 heavy (non-hydrogen) atoms. The third-order valence-electron chi connectivity index (χ3n) is 10.4. The van der Waals surface area contributed by atoms with Gasteiger partial charge in [-0.2, -0.15) is 0 Å². The molecule has 2 aromatic carbocycles. The molecular weight excluding hydrogens is 763 g/mol. The number of pyridine rings is 1. The molecule has 3 aromatic rings. The Morgan fingerprint density at radius 3 is 2.21 bits per heavy atom. The van der Waals surface area contributed by atoms with Gasteiger partial charge in [-0.1, -0.05) is 63.6 Å². The molecular formula is C43H61N3O9SSi. The molecule has 14 heteroatoms. The molecule has 1 aliphatic rings. The number of nitrogens with one attached hydrogen (secondary N) is 1. The Morgan fingerprint density at radius 2 is 1.61 bits per heavy atom. The zero-order valence-electron chi connectivity index (χ0n) is 35.1. The van der Waals surface area contributed by atoms with Gasteiger partial charge < -0.3 is 23.5 Å². The molecule has 1 fully saturated rings. The van der Waals surface area contributed by atoms with Crippen LogP contribution in [0.25, 0.3) is 11.1 Å². The lowest BCUT2D eigenvalue weighted by molar-refractivity contribution is -0.140. The SMILES string of the molecule is COC(=O)CCS(=O)(=O)NC(=O)c1ccc(-c2ccc(CCN(C[C@H](O[Si](C)(C)C(C)(C)C)c3cccnc3)C(=O)OC(C)(C)C)cc2)cc1OC1CCCCC1. The fourth-order valence-corrected chi connectivity index (χ4v) is 8.34. The number of hydrogen-bond donors (Lipinski definition) is 1. The summed E-state index contributed by atoms with van der Waals surface area (Å²) in [6, 6.07) is 16.9. The minimum Gasteiger partial charge on any atom is -0.490 e. The fraction of sp³-hybridized carbons (Fsp3) is 0.535. The van der Waals surface area contributed by atoms with E-state index in [-0.39, 0.29) is 23.1 Å². The molecule has 12 nitrogen and oxygen atoms in total. The molecule has 0 spiro atoms. The number of benzene rings is 2. The lowest BCUT2D eigenvalue weighted by Crippen LogP contribution is -2.46. The van der Waals surface area contributed by atoms with Crippen LogP contribution in [0.4, 0.5) is 4.79 Å². The molecule has 1 N–H and O–H groups in total. The predicted molar refractivity (Wildman–Crippen MR) is 224 cm³/mol. The summed E-state index contributed by atoms with van der Waals surface area (Å²) in [6.45, 7) is 17.2. The van der Waals surface area contributed by atoms with Crippen LogP contribution in [0.15, 0.2) is 67.0 Å². The lowest BCUT2D eigenvalue weighted by atomic mass is 9.97. The van der Waals surface area contributed by atoms with Crippen molar-refractivity contribution in [2.75, 3.05) is 26.0 Å². The summed E-state index contributed by atoms with van der Waals surface area (Å²) in [4.78, 5) is 44.6. The number of hydrogen-bond acceptors (Lipinski definition) is 10. The largest absolute Gasteiger partial charge is 0.490 e. The summed E-state index contributed by atoms with van der Waals surface area (Å²) in [5.41, 5.74) is 2.96. The molecule has 1 saturated carbocycles. The maximum Gasteiger partial charge on any atom is 0.410 e. The van der Waals surface area contributed by atoms with Crippen LogP contribution in [-0.4, -0.2) is 82.2 Å². The maximum atomic E-state index is 13.7. The van der Waals surface area contributed by atoms with Gasteiger partial charge in [-0.3, -0.25) is 14.6 Å². The Morgan fingerprint density at radius 1 is 0.947 bits per heavy atom. The zero-order valence-corrected chi connectivity index (χ0v) is 36.9. The molecule has 1 aliphatic carbocycles. The van der Waals surface area contributed by atoms with Gasteiger partial charge in [0.05, 0.1) is 43.6 Å². The second-order valence-corrected chi connectivity index (χ2v) is 23.8. The third kappa shape index (κ3) is 14.0. The number of esters is 1. The van der Waals surface area contributed by atoms with Crippen molar-refractivity contribution in [2.24, 2.45) is 0 Å². The van der Waals surface area contributed by atoms with E-state index in [2.05, 4.69) is 48.3 Å². The van der Waals surface area contributed by atoms with E-state index in [0.29, 0.717) is 25.3 Å². The van der Waals surface area contributed by atoms with E-state index in [4.69, 9.17) is 13.9 Å². The number of aromatic nitrogens is 1. The van der Waals surface area contributed by atoms with E-state index in [1.807, 2.05) is 57.2 Å². The molecule has 312 valence electrons.